The average molecular weight is 221 g/mol. The van der Waals surface area contributed by atoms with E-state index < -0.39 is 5.82 Å². The van der Waals surface area contributed by atoms with Crippen molar-refractivity contribution < 1.29 is 9.18 Å². The average Bonchev–Trinajstić information content (AvgIpc) is 2.28. The lowest BCUT2D eigenvalue weighted by Gasteiger charge is -2.11. The van der Waals surface area contributed by atoms with Gasteiger partial charge in [-0.3, -0.25) is 4.79 Å². The Hall–Kier alpha value is -1.93. The Kier molecular flexibility index (Phi) is 3.97. The Morgan fingerprint density at radius 1 is 1.69 bits per heavy atom. The molecular weight excluding hydrogens is 209 g/mol. The van der Waals surface area contributed by atoms with Crippen molar-refractivity contribution in [2.24, 2.45) is 11.7 Å². The molecule has 84 valence electrons. The summed E-state index contributed by atoms with van der Waals surface area (Å²) in [5.41, 5.74) is 5.33. The summed E-state index contributed by atoms with van der Waals surface area (Å²) >= 11 is 0. The highest BCUT2D eigenvalue weighted by Crippen LogP contribution is 2.18. The zero-order chi connectivity index (χ0) is 12.1. The van der Waals surface area contributed by atoms with Crippen LogP contribution < -0.4 is 11.1 Å². The molecule has 0 aliphatic carbocycles. The Labute approximate surface area is 92.9 Å². The van der Waals surface area contributed by atoms with E-state index in [0.717, 1.165) is 0 Å². The van der Waals surface area contributed by atoms with Crippen LogP contribution in [-0.4, -0.2) is 12.5 Å². The molecule has 0 fully saturated rings. The van der Waals surface area contributed by atoms with E-state index in [4.69, 9.17) is 11.0 Å². The molecule has 1 rings (SSSR count). The van der Waals surface area contributed by atoms with Crippen LogP contribution in [-0.2, 0) is 4.79 Å². The van der Waals surface area contributed by atoms with Crippen LogP contribution in [0.2, 0.25) is 0 Å². The van der Waals surface area contributed by atoms with Gasteiger partial charge in [0.15, 0.2) is 0 Å². The number of nitrogens with one attached hydrogen (secondary N) is 1. The SMILES string of the molecule is CC(CN)C(=O)Nc1cccc(F)c1C#N. The molecule has 3 N–H and O–H groups in total. The van der Waals surface area contributed by atoms with Gasteiger partial charge in [0.25, 0.3) is 0 Å². The van der Waals surface area contributed by atoms with Gasteiger partial charge >= 0.3 is 0 Å². The largest absolute Gasteiger partial charge is 0.330 e. The minimum absolute atomic E-state index is 0.167. The fraction of sp³-hybridized carbons (Fsp3) is 0.273. The Bertz CT molecular complexity index is 439. The van der Waals surface area contributed by atoms with Crippen molar-refractivity contribution in [1.82, 2.24) is 0 Å². The first-order valence-electron chi connectivity index (χ1n) is 4.79. The van der Waals surface area contributed by atoms with Crippen molar-refractivity contribution in [2.75, 3.05) is 11.9 Å². The number of amides is 1. The van der Waals surface area contributed by atoms with Crippen LogP contribution in [0.15, 0.2) is 18.2 Å². The van der Waals surface area contributed by atoms with Gasteiger partial charge in [-0.25, -0.2) is 4.39 Å². The molecule has 0 heterocycles. The van der Waals surface area contributed by atoms with Crippen molar-refractivity contribution in [2.45, 2.75) is 6.92 Å². The third kappa shape index (κ3) is 2.55. The zero-order valence-electron chi connectivity index (χ0n) is 8.83. The number of hydrogen-bond donors (Lipinski definition) is 2. The topological polar surface area (TPSA) is 78.9 Å². The molecule has 1 aromatic carbocycles. The van der Waals surface area contributed by atoms with Gasteiger partial charge in [-0.1, -0.05) is 13.0 Å². The number of carbonyl (C=O) groups excluding carboxylic acids is 1. The molecule has 0 spiro atoms. The fourth-order valence-electron chi connectivity index (χ4n) is 1.10. The molecule has 0 saturated carbocycles. The first-order chi connectivity index (χ1) is 7.60. The van der Waals surface area contributed by atoms with Gasteiger partial charge < -0.3 is 11.1 Å². The maximum Gasteiger partial charge on any atom is 0.228 e. The van der Waals surface area contributed by atoms with Gasteiger partial charge in [-0.2, -0.15) is 5.26 Å². The second-order valence-electron chi connectivity index (χ2n) is 3.40. The maximum atomic E-state index is 13.2. The van der Waals surface area contributed by atoms with E-state index in [9.17, 15) is 9.18 Å². The molecule has 5 heteroatoms. The first-order valence-corrected chi connectivity index (χ1v) is 4.79. The van der Waals surface area contributed by atoms with E-state index >= 15 is 0 Å². The number of hydrogen-bond acceptors (Lipinski definition) is 3. The number of anilines is 1. The minimum atomic E-state index is -0.652. The lowest BCUT2D eigenvalue weighted by atomic mass is 10.1. The molecule has 0 aliphatic rings. The summed E-state index contributed by atoms with van der Waals surface area (Å²) in [4.78, 5) is 11.5. The minimum Gasteiger partial charge on any atom is -0.330 e. The molecule has 0 radical (unpaired) electrons. The van der Waals surface area contributed by atoms with E-state index in [1.54, 1.807) is 13.0 Å². The van der Waals surface area contributed by atoms with E-state index in [0.29, 0.717) is 0 Å². The summed E-state index contributed by atoms with van der Waals surface area (Å²) in [6, 6.07) is 5.78. The third-order valence-corrected chi connectivity index (χ3v) is 2.18. The highest BCUT2D eigenvalue weighted by Gasteiger charge is 2.14. The Morgan fingerprint density at radius 3 is 2.94 bits per heavy atom. The van der Waals surface area contributed by atoms with E-state index in [1.807, 2.05) is 0 Å². The van der Waals surface area contributed by atoms with E-state index in [2.05, 4.69) is 5.32 Å². The summed E-state index contributed by atoms with van der Waals surface area (Å²) < 4.78 is 13.2. The zero-order valence-corrected chi connectivity index (χ0v) is 8.83. The molecule has 16 heavy (non-hydrogen) atoms. The van der Waals surface area contributed by atoms with Crippen molar-refractivity contribution in [3.8, 4) is 6.07 Å². The normalized spacial score (nSPS) is 11.6. The number of halogens is 1. The lowest BCUT2D eigenvalue weighted by Crippen LogP contribution is -2.27. The molecule has 0 aliphatic heterocycles. The molecular formula is C11H12FN3O. The predicted octanol–water partition coefficient (Wildman–Crippen LogP) is 1.23. The van der Waals surface area contributed by atoms with Gasteiger partial charge in [-0.15, -0.1) is 0 Å². The van der Waals surface area contributed by atoms with E-state index in [1.165, 1.54) is 18.2 Å². The van der Waals surface area contributed by atoms with Crippen LogP contribution >= 0.6 is 0 Å². The van der Waals surface area contributed by atoms with Gasteiger partial charge in [0, 0.05) is 12.5 Å². The van der Waals surface area contributed by atoms with Crippen molar-refractivity contribution in [3.05, 3.63) is 29.6 Å². The number of nitriles is 1. The molecule has 1 aromatic rings. The Balaban J connectivity index is 2.94. The van der Waals surface area contributed by atoms with Crippen molar-refractivity contribution in [1.29, 1.82) is 5.26 Å². The summed E-state index contributed by atoms with van der Waals surface area (Å²) in [7, 11) is 0. The van der Waals surface area contributed by atoms with E-state index in [-0.39, 0.29) is 29.6 Å². The number of nitrogens with zero attached hydrogens (tertiary/aromatic N) is 1. The van der Waals surface area contributed by atoms with Gasteiger partial charge in [0.1, 0.15) is 17.4 Å². The van der Waals surface area contributed by atoms with Crippen molar-refractivity contribution in [3.63, 3.8) is 0 Å². The molecule has 1 amide bonds. The molecule has 1 atom stereocenters. The molecule has 1 unspecified atom stereocenters. The number of benzene rings is 1. The van der Waals surface area contributed by atoms with Crippen LogP contribution in [0.5, 0.6) is 0 Å². The molecule has 0 bridgehead atoms. The summed E-state index contributed by atoms with van der Waals surface area (Å²) in [5, 5.41) is 11.2. The van der Waals surface area contributed by atoms with Gasteiger partial charge in [0.05, 0.1) is 5.69 Å². The van der Waals surface area contributed by atoms with Crippen LogP contribution in [0, 0.1) is 23.1 Å². The molecule has 0 saturated heterocycles. The smallest absolute Gasteiger partial charge is 0.228 e. The molecule has 0 aromatic heterocycles. The second kappa shape index (κ2) is 5.24. The van der Waals surface area contributed by atoms with Gasteiger partial charge in [-0.05, 0) is 12.1 Å². The first kappa shape index (κ1) is 12.1. The lowest BCUT2D eigenvalue weighted by molar-refractivity contribution is -0.119. The Morgan fingerprint density at radius 2 is 2.38 bits per heavy atom. The van der Waals surface area contributed by atoms with Crippen molar-refractivity contribution >= 4 is 11.6 Å². The summed E-state index contributed by atoms with van der Waals surface area (Å²) in [5.74, 6) is -1.36. The number of rotatable bonds is 3. The van der Waals surface area contributed by atoms with Crippen LogP contribution in [0.1, 0.15) is 12.5 Å². The third-order valence-electron chi connectivity index (χ3n) is 2.18. The summed E-state index contributed by atoms with van der Waals surface area (Å²) in [6.07, 6.45) is 0. The maximum absolute atomic E-state index is 13.2. The van der Waals surface area contributed by atoms with Crippen LogP contribution in [0.3, 0.4) is 0 Å². The fourth-order valence-corrected chi connectivity index (χ4v) is 1.10. The number of nitrogens with two attached hydrogens (primary N) is 1. The summed E-state index contributed by atoms with van der Waals surface area (Å²) in [6.45, 7) is 1.85. The predicted molar refractivity (Wildman–Crippen MR) is 58.0 cm³/mol. The highest BCUT2D eigenvalue weighted by atomic mass is 19.1. The quantitative estimate of drug-likeness (QED) is 0.805. The monoisotopic (exact) mass is 221 g/mol. The number of carbonyl (C=O) groups is 1. The second-order valence-corrected chi connectivity index (χ2v) is 3.40. The highest BCUT2D eigenvalue weighted by molar-refractivity contribution is 5.93. The standard InChI is InChI=1S/C11H12FN3O/c1-7(5-13)11(16)15-10-4-2-3-9(12)8(10)6-14/h2-4,7H,5,13H2,1H3,(H,15,16). The van der Waals surface area contributed by atoms with Gasteiger partial charge in [0.2, 0.25) is 5.91 Å². The molecule has 4 nitrogen and oxygen atoms in total. The van der Waals surface area contributed by atoms with Crippen LogP contribution in [0.25, 0.3) is 0 Å². The van der Waals surface area contributed by atoms with Crippen LogP contribution in [0.4, 0.5) is 10.1 Å².